The van der Waals surface area contributed by atoms with Crippen LogP contribution < -0.4 is 9.88 Å². The highest BCUT2D eigenvalue weighted by Crippen LogP contribution is 2.21. The van der Waals surface area contributed by atoms with E-state index in [0.717, 1.165) is 11.1 Å². The zero-order valence-electron chi connectivity index (χ0n) is 13.3. The van der Waals surface area contributed by atoms with Crippen molar-refractivity contribution in [3.63, 3.8) is 0 Å². The molecule has 3 aromatic rings. The molecule has 1 aliphatic rings. The predicted molar refractivity (Wildman–Crippen MR) is 91.4 cm³/mol. The van der Waals surface area contributed by atoms with Crippen molar-refractivity contribution in [2.24, 2.45) is 0 Å². The van der Waals surface area contributed by atoms with Crippen LogP contribution in [0.3, 0.4) is 0 Å². The monoisotopic (exact) mass is 334 g/mol. The summed E-state index contributed by atoms with van der Waals surface area (Å²) in [5, 5.41) is 21.9. The molecule has 6 heteroatoms. The molecule has 0 radical (unpaired) electrons. The molecule has 2 aromatic carbocycles. The summed E-state index contributed by atoms with van der Waals surface area (Å²) in [4.78, 5) is 17.1. The first-order valence-corrected chi connectivity index (χ1v) is 7.90. The Morgan fingerprint density at radius 2 is 1.64 bits per heavy atom. The van der Waals surface area contributed by atoms with Crippen LogP contribution in [-0.4, -0.2) is 27.1 Å². The maximum absolute atomic E-state index is 12.7. The van der Waals surface area contributed by atoms with Gasteiger partial charge in [0.25, 0.3) is 0 Å². The van der Waals surface area contributed by atoms with Crippen molar-refractivity contribution in [2.75, 3.05) is 5.32 Å². The van der Waals surface area contributed by atoms with Gasteiger partial charge in [-0.05, 0) is 42.0 Å². The number of nitrogens with zero attached hydrogens (tertiary/aromatic N) is 2. The van der Waals surface area contributed by atoms with E-state index < -0.39 is 0 Å². The number of nitrogens with one attached hydrogen (secondary N) is 1. The van der Waals surface area contributed by atoms with E-state index in [1.165, 1.54) is 0 Å². The summed E-state index contributed by atoms with van der Waals surface area (Å²) < 4.78 is 1.57. The van der Waals surface area contributed by atoms with Gasteiger partial charge in [-0.1, -0.05) is 12.1 Å². The molecule has 6 nitrogen and oxygen atoms in total. The molecule has 0 fully saturated rings. The SMILES string of the molecule is O=C1C(Cc2ccc(O)cc2)Nc2cnc(-c3ccc(O)cc3)c[n+]21. The lowest BCUT2D eigenvalue weighted by molar-refractivity contribution is -0.552. The van der Waals surface area contributed by atoms with E-state index in [9.17, 15) is 15.0 Å². The van der Waals surface area contributed by atoms with Gasteiger partial charge in [-0.2, -0.15) is 4.57 Å². The number of aromatic hydroxyl groups is 2. The van der Waals surface area contributed by atoms with Crippen LogP contribution in [0.4, 0.5) is 5.82 Å². The van der Waals surface area contributed by atoms with Gasteiger partial charge in [-0.25, -0.2) is 9.78 Å². The van der Waals surface area contributed by atoms with Crippen molar-refractivity contribution in [3.05, 3.63) is 66.5 Å². The smallest absolute Gasteiger partial charge is 0.359 e. The van der Waals surface area contributed by atoms with Gasteiger partial charge in [0.1, 0.15) is 29.6 Å². The topological polar surface area (TPSA) is 86.3 Å². The Labute approximate surface area is 144 Å². The lowest BCUT2D eigenvalue weighted by Crippen LogP contribution is -2.43. The number of fused-ring (bicyclic) bond motifs is 1. The number of phenolic OH excluding ortho intramolecular Hbond substituents is 2. The van der Waals surface area contributed by atoms with Gasteiger partial charge in [-0.15, -0.1) is 0 Å². The average Bonchev–Trinajstić information content (AvgIpc) is 2.93. The number of carbonyl (C=O) groups excluding carboxylic acids is 1. The van der Waals surface area contributed by atoms with Crippen LogP contribution in [0.5, 0.6) is 11.5 Å². The summed E-state index contributed by atoms with van der Waals surface area (Å²) in [5.74, 6) is 0.987. The van der Waals surface area contributed by atoms with Crippen LogP contribution in [0.15, 0.2) is 60.9 Å². The fourth-order valence-corrected chi connectivity index (χ4v) is 2.90. The maximum Gasteiger partial charge on any atom is 0.359 e. The molecule has 1 aliphatic heterocycles. The minimum Gasteiger partial charge on any atom is -0.508 e. The number of aromatic nitrogens is 2. The molecular weight excluding hydrogens is 318 g/mol. The van der Waals surface area contributed by atoms with Gasteiger partial charge >= 0.3 is 11.7 Å². The molecule has 1 aromatic heterocycles. The molecule has 1 atom stereocenters. The lowest BCUT2D eigenvalue weighted by Gasteiger charge is -2.03. The van der Waals surface area contributed by atoms with E-state index in [1.807, 2.05) is 0 Å². The van der Waals surface area contributed by atoms with Crippen molar-refractivity contribution >= 4 is 11.7 Å². The molecule has 25 heavy (non-hydrogen) atoms. The number of rotatable bonds is 3. The molecular formula is C19H16N3O3+. The molecule has 0 aliphatic carbocycles. The van der Waals surface area contributed by atoms with Crippen LogP contribution in [-0.2, 0) is 6.42 Å². The summed E-state index contributed by atoms with van der Waals surface area (Å²) in [6, 6.07) is 13.1. The maximum atomic E-state index is 12.7. The van der Waals surface area contributed by atoms with Crippen LogP contribution >= 0.6 is 0 Å². The predicted octanol–water partition coefficient (Wildman–Crippen LogP) is 2.12. The van der Waals surface area contributed by atoms with Gasteiger partial charge in [0.05, 0.1) is 0 Å². The minimum atomic E-state index is -0.374. The highest BCUT2D eigenvalue weighted by molar-refractivity contribution is 5.82. The van der Waals surface area contributed by atoms with E-state index in [0.29, 0.717) is 17.9 Å². The lowest BCUT2D eigenvalue weighted by atomic mass is 10.1. The van der Waals surface area contributed by atoms with E-state index in [4.69, 9.17) is 0 Å². The molecule has 2 heterocycles. The third-order valence-corrected chi connectivity index (χ3v) is 4.23. The summed E-state index contributed by atoms with van der Waals surface area (Å²) in [6.45, 7) is 0. The molecule has 4 rings (SSSR count). The molecule has 0 amide bonds. The van der Waals surface area contributed by atoms with E-state index in [-0.39, 0.29) is 23.4 Å². The zero-order chi connectivity index (χ0) is 17.4. The Morgan fingerprint density at radius 1 is 1.00 bits per heavy atom. The normalized spacial score (nSPS) is 15.7. The van der Waals surface area contributed by atoms with Crippen LogP contribution in [0, 0.1) is 0 Å². The van der Waals surface area contributed by atoms with Gasteiger partial charge < -0.3 is 10.2 Å². The van der Waals surface area contributed by atoms with E-state index in [1.54, 1.807) is 65.5 Å². The highest BCUT2D eigenvalue weighted by atomic mass is 16.3. The molecule has 0 spiro atoms. The van der Waals surface area contributed by atoms with Gasteiger partial charge in [-0.3, -0.25) is 5.32 Å². The fraction of sp³-hybridized carbons (Fsp3) is 0.105. The fourth-order valence-electron chi connectivity index (χ4n) is 2.90. The average molecular weight is 334 g/mol. The number of carbonyl (C=O) groups is 1. The minimum absolute atomic E-state index is 0.0505. The second-order valence-electron chi connectivity index (χ2n) is 5.98. The van der Waals surface area contributed by atoms with Crippen molar-refractivity contribution in [1.29, 1.82) is 0 Å². The Bertz CT molecular complexity index is 937. The van der Waals surface area contributed by atoms with E-state index in [2.05, 4.69) is 10.3 Å². The number of benzene rings is 2. The molecule has 3 N–H and O–H groups in total. The molecule has 0 saturated carbocycles. The number of anilines is 1. The Hall–Kier alpha value is -3.41. The van der Waals surface area contributed by atoms with Crippen molar-refractivity contribution in [3.8, 4) is 22.8 Å². The van der Waals surface area contributed by atoms with Crippen LogP contribution in [0.2, 0.25) is 0 Å². The third kappa shape index (κ3) is 2.89. The second kappa shape index (κ2) is 5.90. The summed E-state index contributed by atoms with van der Waals surface area (Å²) in [7, 11) is 0. The van der Waals surface area contributed by atoms with Crippen LogP contribution in [0.25, 0.3) is 11.3 Å². The van der Waals surface area contributed by atoms with Crippen molar-refractivity contribution in [2.45, 2.75) is 12.5 Å². The quantitative estimate of drug-likeness (QED) is 0.639. The second-order valence-corrected chi connectivity index (χ2v) is 5.98. The van der Waals surface area contributed by atoms with Gasteiger partial charge in [0.15, 0.2) is 6.04 Å². The summed E-state index contributed by atoms with van der Waals surface area (Å²) >= 11 is 0. The number of phenols is 2. The Morgan fingerprint density at radius 3 is 2.32 bits per heavy atom. The van der Waals surface area contributed by atoms with Crippen molar-refractivity contribution in [1.82, 2.24) is 4.98 Å². The molecule has 0 bridgehead atoms. The first-order chi connectivity index (χ1) is 12.1. The molecule has 1 unspecified atom stereocenters. The Balaban J connectivity index is 1.59. The highest BCUT2D eigenvalue weighted by Gasteiger charge is 2.38. The molecule has 124 valence electrons. The largest absolute Gasteiger partial charge is 0.508 e. The standard InChI is InChI=1S/C19H15N3O3/c23-14-5-1-12(2-6-14)9-16-19(25)22-11-17(20-10-18(22)21-16)13-3-7-15(24)8-4-13/h1-8,10-11,16,23-24H,9H2/p+1. The summed E-state index contributed by atoms with van der Waals surface area (Å²) in [5.41, 5.74) is 2.44. The van der Waals surface area contributed by atoms with E-state index >= 15 is 0 Å². The molecule has 0 saturated heterocycles. The number of hydrogen-bond acceptors (Lipinski definition) is 5. The van der Waals surface area contributed by atoms with Crippen LogP contribution in [0.1, 0.15) is 10.4 Å². The van der Waals surface area contributed by atoms with Gasteiger partial charge in [0.2, 0.25) is 0 Å². The first kappa shape index (κ1) is 15.1. The zero-order valence-corrected chi connectivity index (χ0v) is 13.3. The Kier molecular flexibility index (Phi) is 3.57. The van der Waals surface area contributed by atoms with Crippen molar-refractivity contribution < 1.29 is 19.6 Å². The first-order valence-electron chi connectivity index (χ1n) is 7.90. The number of hydrogen-bond donors (Lipinski definition) is 3. The summed E-state index contributed by atoms with van der Waals surface area (Å²) in [6.07, 6.45) is 3.86. The third-order valence-electron chi connectivity index (χ3n) is 4.23. The van der Waals surface area contributed by atoms with Gasteiger partial charge in [0, 0.05) is 12.0 Å².